The minimum atomic E-state index is 0.106. The second-order valence-corrected chi connectivity index (χ2v) is 7.66. The third-order valence-corrected chi connectivity index (χ3v) is 5.28. The average molecular weight is 408 g/mol. The van der Waals surface area contributed by atoms with Crippen LogP contribution in [0.3, 0.4) is 0 Å². The minimum absolute atomic E-state index is 0.106. The molecule has 3 rings (SSSR count). The first-order chi connectivity index (χ1) is 14.7. The maximum Gasteiger partial charge on any atom is 0.224 e. The molecule has 2 N–H and O–H groups in total. The maximum absolute atomic E-state index is 12.4. The van der Waals surface area contributed by atoms with E-state index in [1.807, 2.05) is 43.4 Å². The number of nitrogens with one attached hydrogen (secondary N) is 2. The van der Waals surface area contributed by atoms with Crippen LogP contribution in [0.1, 0.15) is 25.3 Å². The molecule has 1 unspecified atom stereocenters. The smallest absolute Gasteiger partial charge is 0.224 e. The Bertz CT molecular complexity index is 809. The molecule has 0 saturated carbocycles. The van der Waals surface area contributed by atoms with Crippen molar-refractivity contribution in [2.24, 2.45) is 4.99 Å². The summed E-state index contributed by atoms with van der Waals surface area (Å²) in [6.07, 6.45) is 1.47. The largest absolute Gasteiger partial charge is 0.369 e. The molecule has 1 heterocycles. The van der Waals surface area contributed by atoms with Gasteiger partial charge in [0.05, 0.1) is 6.54 Å². The van der Waals surface area contributed by atoms with Crippen molar-refractivity contribution in [3.8, 4) is 0 Å². The predicted octanol–water partition coefficient (Wildman–Crippen LogP) is 2.87. The molecule has 0 aliphatic carbocycles. The van der Waals surface area contributed by atoms with Gasteiger partial charge in [-0.25, -0.2) is 0 Å². The van der Waals surface area contributed by atoms with Crippen LogP contribution >= 0.6 is 0 Å². The number of amides is 1. The second kappa shape index (κ2) is 11.2. The Morgan fingerprint density at radius 3 is 2.53 bits per heavy atom. The molecule has 0 radical (unpaired) electrons. The highest BCUT2D eigenvalue weighted by atomic mass is 16.2. The fourth-order valence-corrected chi connectivity index (χ4v) is 3.66. The Balaban J connectivity index is 1.46. The Morgan fingerprint density at radius 2 is 1.83 bits per heavy atom. The number of hydrogen-bond acceptors (Lipinski definition) is 3. The fourth-order valence-electron chi connectivity index (χ4n) is 3.66. The summed E-state index contributed by atoms with van der Waals surface area (Å²) in [7, 11) is 1.85. The zero-order valence-corrected chi connectivity index (χ0v) is 18.1. The number of carbonyl (C=O) groups excluding carboxylic acids is 1. The molecule has 1 aliphatic heterocycles. The topological polar surface area (TPSA) is 60.0 Å². The predicted molar refractivity (Wildman–Crippen MR) is 124 cm³/mol. The SMILES string of the molecule is CCNC(=NCCC(=O)N(C)Cc1ccccc1)NC1CCN(c2ccccc2)C1. The van der Waals surface area contributed by atoms with Gasteiger partial charge in [0.2, 0.25) is 5.91 Å². The summed E-state index contributed by atoms with van der Waals surface area (Å²) in [4.78, 5) is 21.2. The number of nitrogens with zero attached hydrogens (tertiary/aromatic N) is 3. The van der Waals surface area contributed by atoms with Crippen LogP contribution in [0.4, 0.5) is 5.69 Å². The number of aliphatic imine (C=N–C) groups is 1. The molecule has 1 aliphatic rings. The Hall–Kier alpha value is -3.02. The molecule has 30 heavy (non-hydrogen) atoms. The van der Waals surface area contributed by atoms with Gasteiger partial charge in [0.15, 0.2) is 5.96 Å². The Labute approximate surface area is 180 Å². The van der Waals surface area contributed by atoms with E-state index in [0.29, 0.717) is 25.6 Å². The average Bonchev–Trinajstić information content (AvgIpc) is 3.23. The number of para-hydroxylation sites is 1. The van der Waals surface area contributed by atoms with E-state index in [1.54, 1.807) is 4.90 Å². The van der Waals surface area contributed by atoms with Crippen LogP contribution in [-0.4, -0.2) is 56.0 Å². The first kappa shape index (κ1) is 21.7. The monoisotopic (exact) mass is 407 g/mol. The standard InChI is InChI=1S/C24H33N5O/c1-3-25-24(27-21-15-17-29(19-21)22-12-8-5-9-13-22)26-16-14-23(30)28(2)18-20-10-6-4-7-11-20/h4-13,21H,3,14-19H2,1-2H3,(H2,25,26,27). The van der Waals surface area contributed by atoms with Gasteiger partial charge < -0.3 is 20.4 Å². The number of carbonyl (C=O) groups is 1. The van der Waals surface area contributed by atoms with Gasteiger partial charge in [0, 0.05) is 51.4 Å². The molecular formula is C24H33N5O. The molecule has 6 heteroatoms. The molecular weight excluding hydrogens is 374 g/mol. The lowest BCUT2D eigenvalue weighted by atomic mass is 10.2. The first-order valence-corrected chi connectivity index (χ1v) is 10.8. The zero-order valence-electron chi connectivity index (χ0n) is 18.1. The minimum Gasteiger partial charge on any atom is -0.369 e. The molecule has 160 valence electrons. The van der Waals surface area contributed by atoms with E-state index in [1.165, 1.54) is 5.69 Å². The number of anilines is 1. The number of hydrogen-bond donors (Lipinski definition) is 2. The van der Waals surface area contributed by atoms with Crippen LogP contribution in [0.2, 0.25) is 0 Å². The third-order valence-electron chi connectivity index (χ3n) is 5.28. The highest BCUT2D eigenvalue weighted by Gasteiger charge is 2.23. The lowest BCUT2D eigenvalue weighted by Gasteiger charge is -2.20. The first-order valence-electron chi connectivity index (χ1n) is 10.8. The van der Waals surface area contributed by atoms with Crippen molar-refractivity contribution < 1.29 is 4.79 Å². The summed E-state index contributed by atoms with van der Waals surface area (Å²) in [5, 5.41) is 6.83. The van der Waals surface area contributed by atoms with E-state index in [2.05, 4.69) is 51.7 Å². The van der Waals surface area contributed by atoms with Crippen molar-refractivity contribution in [2.75, 3.05) is 38.1 Å². The summed E-state index contributed by atoms with van der Waals surface area (Å²) in [6, 6.07) is 20.9. The van der Waals surface area contributed by atoms with E-state index in [-0.39, 0.29) is 5.91 Å². The van der Waals surface area contributed by atoms with Crippen molar-refractivity contribution in [1.82, 2.24) is 15.5 Å². The van der Waals surface area contributed by atoms with E-state index in [9.17, 15) is 4.79 Å². The van der Waals surface area contributed by atoms with Crippen molar-refractivity contribution in [3.05, 3.63) is 66.2 Å². The van der Waals surface area contributed by atoms with Crippen molar-refractivity contribution >= 4 is 17.6 Å². The van der Waals surface area contributed by atoms with E-state index in [0.717, 1.165) is 37.6 Å². The second-order valence-electron chi connectivity index (χ2n) is 7.66. The Morgan fingerprint density at radius 1 is 1.13 bits per heavy atom. The summed E-state index contributed by atoms with van der Waals surface area (Å²) in [5.74, 6) is 0.894. The molecule has 0 aromatic heterocycles. The van der Waals surface area contributed by atoms with Crippen molar-refractivity contribution in [1.29, 1.82) is 0 Å². The molecule has 1 atom stereocenters. The summed E-state index contributed by atoms with van der Waals surface area (Å²) in [5.41, 5.74) is 2.40. The van der Waals surface area contributed by atoms with Gasteiger partial charge >= 0.3 is 0 Å². The normalized spacial score (nSPS) is 16.4. The van der Waals surface area contributed by atoms with Gasteiger partial charge in [0.1, 0.15) is 0 Å². The van der Waals surface area contributed by atoms with Crippen molar-refractivity contribution in [3.63, 3.8) is 0 Å². The summed E-state index contributed by atoms with van der Waals surface area (Å²) >= 11 is 0. The third kappa shape index (κ3) is 6.51. The van der Waals surface area contributed by atoms with E-state index >= 15 is 0 Å². The van der Waals surface area contributed by atoms with Gasteiger partial charge in [0.25, 0.3) is 0 Å². The van der Waals surface area contributed by atoms with Crippen LogP contribution in [0.5, 0.6) is 0 Å². The number of benzene rings is 2. The van der Waals surface area contributed by atoms with Gasteiger partial charge in [-0.1, -0.05) is 48.5 Å². The molecule has 0 bridgehead atoms. The van der Waals surface area contributed by atoms with Crippen LogP contribution in [0.15, 0.2) is 65.7 Å². The van der Waals surface area contributed by atoms with E-state index < -0.39 is 0 Å². The molecule has 6 nitrogen and oxygen atoms in total. The van der Waals surface area contributed by atoms with Gasteiger partial charge in [-0.2, -0.15) is 0 Å². The molecule has 1 saturated heterocycles. The maximum atomic E-state index is 12.4. The quantitative estimate of drug-likeness (QED) is 0.522. The highest BCUT2D eigenvalue weighted by molar-refractivity contribution is 5.81. The van der Waals surface area contributed by atoms with Gasteiger partial charge in [-0.05, 0) is 31.0 Å². The summed E-state index contributed by atoms with van der Waals surface area (Å²) < 4.78 is 0. The zero-order chi connectivity index (χ0) is 21.2. The molecule has 0 spiro atoms. The molecule has 1 fully saturated rings. The van der Waals surface area contributed by atoms with Crippen molar-refractivity contribution in [2.45, 2.75) is 32.4 Å². The van der Waals surface area contributed by atoms with Gasteiger partial charge in [-0.3, -0.25) is 9.79 Å². The summed E-state index contributed by atoms with van der Waals surface area (Å²) in [6.45, 7) is 5.93. The van der Waals surface area contributed by atoms with Gasteiger partial charge in [-0.15, -0.1) is 0 Å². The number of guanidine groups is 1. The van der Waals surface area contributed by atoms with Crippen LogP contribution in [-0.2, 0) is 11.3 Å². The number of rotatable bonds is 8. The molecule has 1 amide bonds. The molecule has 2 aromatic carbocycles. The molecule has 2 aromatic rings. The van der Waals surface area contributed by atoms with Crippen LogP contribution < -0.4 is 15.5 Å². The Kier molecular flexibility index (Phi) is 8.12. The lowest BCUT2D eigenvalue weighted by molar-refractivity contribution is -0.130. The fraction of sp³-hybridized carbons (Fsp3) is 0.417. The van der Waals surface area contributed by atoms with E-state index in [4.69, 9.17) is 0 Å². The van der Waals surface area contributed by atoms with Crippen LogP contribution in [0, 0.1) is 0 Å². The van der Waals surface area contributed by atoms with Crippen LogP contribution in [0.25, 0.3) is 0 Å². The highest BCUT2D eigenvalue weighted by Crippen LogP contribution is 2.19. The lowest BCUT2D eigenvalue weighted by Crippen LogP contribution is -2.44.